The maximum Gasteiger partial charge on any atom is 0.330 e. The highest BCUT2D eigenvalue weighted by atomic mass is 35.5. The van der Waals surface area contributed by atoms with Crippen LogP contribution in [0.4, 0.5) is 0 Å². The molecule has 35 heteroatoms. The van der Waals surface area contributed by atoms with Crippen LogP contribution < -0.4 is 62.9 Å². The summed E-state index contributed by atoms with van der Waals surface area (Å²) in [5.74, 6) is -14.4. The highest BCUT2D eigenvalue weighted by Crippen LogP contribution is 2.48. The summed E-state index contributed by atoms with van der Waals surface area (Å²) in [6.45, 7) is 6.89. The van der Waals surface area contributed by atoms with Crippen LogP contribution in [0.2, 0.25) is 10.0 Å². The zero-order chi connectivity index (χ0) is 74.7. The van der Waals surface area contributed by atoms with Crippen LogP contribution >= 0.6 is 23.2 Å². The van der Waals surface area contributed by atoms with Gasteiger partial charge in [-0.25, -0.2) is 4.79 Å². The number of aliphatic carboxylic acids is 1. The number of ether oxygens (including phenoxy) is 6. The fourth-order valence-corrected chi connectivity index (χ4v) is 12.6. The number of carboxylic acids is 1. The number of phenolic OH excluding ortho intramolecular Hbond substituents is 3. The zero-order valence-electron chi connectivity index (χ0n) is 55.4. The number of hydrogen-bond acceptors (Lipinski definition) is 25. The van der Waals surface area contributed by atoms with Gasteiger partial charge in [0.25, 0.3) is 0 Å². The van der Waals surface area contributed by atoms with Crippen LogP contribution in [0.5, 0.6) is 46.0 Å². The quantitative estimate of drug-likeness (QED) is 0.0760. The van der Waals surface area contributed by atoms with Crippen molar-refractivity contribution in [2.45, 2.75) is 163 Å². The number of para-hydroxylation sites is 1. The minimum absolute atomic E-state index is 0.102. The van der Waals surface area contributed by atoms with E-state index in [-0.39, 0.29) is 68.5 Å². The Bertz CT molecular complexity index is 4020. The Labute approximate surface area is 591 Å². The third-order valence-electron chi connectivity index (χ3n) is 17.5. The maximum atomic E-state index is 15.1. The van der Waals surface area contributed by atoms with Crippen molar-refractivity contribution in [1.29, 1.82) is 0 Å². The van der Waals surface area contributed by atoms with Crippen LogP contribution in [-0.2, 0) is 52.6 Å². The normalized spacial score (nSPS) is 29.1. The van der Waals surface area contributed by atoms with Gasteiger partial charge in [0.1, 0.15) is 89.5 Å². The predicted molar refractivity (Wildman–Crippen MR) is 356 cm³/mol. The highest BCUT2D eigenvalue weighted by Gasteiger charge is 2.51. The second kappa shape index (κ2) is 32.0. The van der Waals surface area contributed by atoms with Crippen LogP contribution in [0.25, 0.3) is 11.1 Å². The van der Waals surface area contributed by atoms with Gasteiger partial charge in [0.05, 0.1) is 41.3 Å². The molecule has 6 heterocycles. The number of fused-ring (bicyclic) bond motifs is 6. The second-order valence-electron chi connectivity index (χ2n) is 25.7. The molecular weight excluding hydrogens is 1390 g/mol. The van der Waals surface area contributed by atoms with Gasteiger partial charge in [-0.3, -0.25) is 33.6 Å². The summed E-state index contributed by atoms with van der Waals surface area (Å²) in [5.41, 5.74) is 8.50. The first kappa shape index (κ1) is 77.0. The lowest BCUT2D eigenvalue weighted by Crippen LogP contribution is -2.64. The monoisotopic (exact) mass is 1460 g/mol. The van der Waals surface area contributed by atoms with Crippen molar-refractivity contribution in [3.05, 3.63) is 117 Å². The number of primary amides is 1. The molecule has 5 aromatic rings. The first-order chi connectivity index (χ1) is 48.1. The molecule has 0 aromatic heterocycles. The number of benzene rings is 5. The summed E-state index contributed by atoms with van der Waals surface area (Å²) < 4.78 is 37.6. The van der Waals surface area contributed by atoms with Crippen LogP contribution in [-0.4, -0.2) is 197 Å². The summed E-state index contributed by atoms with van der Waals surface area (Å²) in [5, 5.41) is 130. The largest absolute Gasteiger partial charge is 0.508 e. The Morgan fingerprint density at radius 2 is 1.35 bits per heavy atom. The van der Waals surface area contributed by atoms with Gasteiger partial charge in [-0.05, 0) is 111 Å². The molecule has 7 amide bonds. The fraction of sp³-hybridized carbons (Fsp3) is 0.433. The van der Waals surface area contributed by atoms with Gasteiger partial charge in [0.15, 0.2) is 29.9 Å². The first-order valence-corrected chi connectivity index (χ1v) is 32.8. The van der Waals surface area contributed by atoms with Crippen molar-refractivity contribution in [1.82, 2.24) is 37.2 Å². The molecule has 2 fully saturated rings. The van der Waals surface area contributed by atoms with Crippen LogP contribution in [0, 0.1) is 5.92 Å². The summed E-state index contributed by atoms with van der Waals surface area (Å²) >= 11 is 14.0. The van der Waals surface area contributed by atoms with Crippen molar-refractivity contribution in [2.24, 2.45) is 17.4 Å². The van der Waals surface area contributed by atoms with Gasteiger partial charge in [0, 0.05) is 34.7 Å². The predicted octanol–water partition coefficient (Wildman–Crippen LogP) is 0.440. The number of nitrogens with one attached hydrogen (secondary N) is 7. The molecule has 5 aromatic carbocycles. The van der Waals surface area contributed by atoms with E-state index in [1.165, 1.54) is 57.3 Å². The average Bonchev–Trinajstić information content (AvgIpc) is 0.750. The molecule has 6 aliphatic heterocycles. The molecule has 6 aliphatic rings. The van der Waals surface area contributed by atoms with Gasteiger partial charge in [-0.15, -0.1) is 0 Å². The second-order valence-corrected chi connectivity index (χ2v) is 26.6. The summed E-state index contributed by atoms with van der Waals surface area (Å²) in [6, 6.07) is 2.39. The van der Waals surface area contributed by atoms with E-state index in [2.05, 4.69) is 37.2 Å². The Kier molecular flexibility index (Phi) is 24.1. The first-order valence-electron chi connectivity index (χ1n) is 32.0. The Balaban J connectivity index is 1.21. The van der Waals surface area contributed by atoms with Crippen molar-refractivity contribution >= 4 is 70.5 Å². The standard InChI is InChI=1S/C67H79Cl2N9O24/c1-25(2)16-36(72-6)60(90)77-50-52(84)29-11-14-40(34(68)18-29)98-42-8-7-9-43(56(42)102-66-57(55(87)54(86)44(24-79)100-66)101-46-23-67(5,71)58(88)27(4)97-46)99-41-15-12-30(19-35(41)69)53(85)51-64(94)76-49(65(95)96)33-20-31(80)21-39(82)47(33)32-17-28(10-13-38(32)81)48(62(92)78-51)75-59(89)26(3)73-61(91)37(22-45(70)83)74-63(50)93/h7-15,17-21,25-27,36-37,44,46,48-55,57-58,66,72,79-82,84-88H,16,22-24,71H2,1-6H3,(H2,70,83)(H,73,91)(H,74,93)(H,75,89)(H,76,94)(H,77,90)(H,78,92)(H,95,96)/t26-,27?,36-,37+,44?,46?,48?,49+,50-,51+,52-,53-,54?,55?,57?,58?,66?,67?/m1/s1. The fourth-order valence-electron chi connectivity index (χ4n) is 12.1. The van der Waals surface area contributed by atoms with Crippen molar-refractivity contribution < 1.29 is 118 Å². The number of amides is 7. The van der Waals surface area contributed by atoms with Gasteiger partial charge >= 0.3 is 5.97 Å². The molecule has 10 unspecified atom stereocenters. The smallest absolute Gasteiger partial charge is 0.330 e. The number of carbonyl (C=O) groups is 8. The lowest BCUT2D eigenvalue weighted by Gasteiger charge is -2.47. The number of halogens is 2. The molecule has 0 radical (unpaired) electrons. The molecule has 10 bridgehead atoms. The molecule has 0 spiro atoms. The minimum Gasteiger partial charge on any atom is -0.508 e. The molecule has 33 nitrogen and oxygen atoms in total. The zero-order valence-corrected chi connectivity index (χ0v) is 56.9. The highest BCUT2D eigenvalue weighted by molar-refractivity contribution is 6.32. The molecule has 11 rings (SSSR count). The number of carboxylic acid groups (broad SMARTS) is 1. The van der Waals surface area contributed by atoms with E-state index in [1.807, 2.05) is 13.8 Å². The van der Waals surface area contributed by atoms with E-state index in [1.54, 1.807) is 0 Å². The van der Waals surface area contributed by atoms with E-state index < -0.39 is 209 Å². The van der Waals surface area contributed by atoms with E-state index in [0.29, 0.717) is 0 Å². The third-order valence-corrected chi connectivity index (χ3v) is 18.1. The molecule has 2 saturated heterocycles. The van der Waals surface area contributed by atoms with Crippen LogP contribution in [0.1, 0.15) is 100 Å². The minimum atomic E-state index is -2.30. The summed E-state index contributed by atoms with van der Waals surface area (Å²) in [6.07, 6.45) is -17.7. The number of hydrogen-bond donors (Lipinski definition) is 19. The molecule has 102 heavy (non-hydrogen) atoms. The molecular formula is C67H79Cl2N9O24. The summed E-state index contributed by atoms with van der Waals surface area (Å²) in [4.78, 5) is 114. The lowest BCUT2D eigenvalue weighted by atomic mass is 9.86. The Morgan fingerprint density at radius 3 is 1.93 bits per heavy atom. The van der Waals surface area contributed by atoms with E-state index in [0.717, 1.165) is 55.5 Å². The van der Waals surface area contributed by atoms with Crippen LogP contribution in [0.15, 0.2) is 84.9 Å². The SMILES string of the molecule is CN[C@H](CC(C)C)C(=O)N[C@H]1C(=O)N[C@@H](CC(N)=O)C(=O)N[C@H](C)C(=O)NC2C(=O)N[C@H](C(=O)N[C@H](C(=O)O)c3cc(O)cc(O)c3-c3cc2ccc3O)[C@H](O)c2ccc(c(Cl)c2)Oc2cccc(c2OC2OC(CO)C(O)C(O)C2OC2CC(C)(N)C(O)C(C)O2)Oc2ccc(cc2Cl)[C@H]1O. The van der Waals surface area contributed by atoms with E-state index >= 15 is 4.79 Å². The van der Waals surface area contributed by atoms with E-state index in [4.69, 9.17) is 63.1 Å². The number of aliphatic hydroxyl groups is 6. The Hall–Kier alpha value is -9.20. The molecule has 21 N–H and O–H groups in total. The molecule has 0 aliphatic carbocycles. The number of likely N-dealkylation sites (N-methyl/N-ethyl adjacent to an activating group) is 1. The van der Waals surface area contributed by atoms with Gasteiger partial charge in [-0.2, -0.15) is 0 Å². The topological polar surface area (TPSA) is 530 Å². The molecule has 0 saturated carbocycles. The maximum absolute atomic E-state index is 15.1. The number of nitrogens with two attached hydrogens (primary N) is 2. The van der Waals surface area contributed by atoms with Crippen LogP contribution in [0.3, 0.4) is 0 Å². The number of aromatic hydroxyl groups is 3. The lowest BCUT2D eigenvalue weighted by molar-refractivity contribution is -0.333. The number of aliphatic hydroxyl groups excluding tert-OH is 6. The van der Waals surface area contributed by atoms with Crippen molar-refractivity contribution in [3.63, 3.8) is 0 Å². The van der Waals surface area contributed by atoms with E-state index in [9.17, 15) is 84.6 Å². The number of phenols is 3. The number of carbonyl (C=O) groups excluding carboxylic acids is 7. The molecule has 550 valence electrons. The van der Waals surface area contributed by atoms with Gasteiger partial charge < -0.3 is 128 Å². The molecule has 18 atom stereocenters. The van der Waals surface area contributed by atoms with Gasteiger partial charge in [0.2, 0.25) is 53.4 Å². The average molecular weight is 1470 g/mol. The number of rotatable bonds is 13. The summed E-state index contributed by atoms with van der Waals surface area (Å²) in [7, 11) is 1.47. The van der Waals surface area contributed by atoms with Gasteiger partial charge in [-0.1, -0.05) is 61.3 Å². The Morgan fingerprint density at radius 1 is 0.725 bits per heavy atom. The third kappa shape index (κ3) is 17.1. The van der Waals surface area contributed by atoms with Crippen molar-refractivity contribution in [2.75, 3.05) is 13.7 Å². The van der Waals surface area contributed by atoms with Crippen molar-refractivity contribution in [3.8, 4) is 57.1 Å².